The molecule has 1 amide bonds. The summed E-state index contributed by atoms with van der Waals surface area (Å²) in [5, 5.41) is 2.80. The largest absolute Gasteiger partial charge is 0.494 e. The zero-order chi connectivity index (χ0) is 21.4. The Balaban J connectivity index is 1.99. The molecule has 0 radical (unpaired) electrons. The van der Waals surface area contributed by atoms with Crippen LogP contribution in [0.4, 0.5) is 5.69 Å². The molecule has 8 heteroatoms. The first-order chi connectivity index (χ1) is 13.7. The molecule has 0 aliphatic carbocycles. The van der Waals surface area contributed by atoms with E-state index in [0.717, 1.165) is 0 Å². The minimum atomic E-state index is -3.74. The van der Waals surface area contributed by atoms with Gasteiger partial charge in [-0.05, 0) is 68.3 Å². The molecule has 0 saturated heterocycles. The van der Waals surface area contributed by atoms with Crippen molar-refractivity contribution in [2.45, 2.75) is 38.7 Å². The highest BCUT2D eigenvalue weighted by Gasteiger charge is 2.17. The van der Waals surface area contributed by atoms with Gasteiger partial charge in [0.15, 0.2) is 6.10 Å². The highest BCUT2D eigenvalue weighted by molar-refractivity contribution is 7.92. The zero-order valence-electron chi connectivity index (χ0n) is 17.1. The topological polar surface area (TPSA) is 93.7 Å². The fourth-order valence-electron chi connectivity index (χ4n) is 2.40. The van der Waals surface area contributed by atoms with Gasteiger partial charge in [-0.25, -0.2) is 8.42 Å². The monoisotopic (exact) mass is 420 g/mol. The fraction of sp³-hybridized carbons (Fsp3) is 0.381. The summed E-state index contributed by atoms with van der Waals surface area (Å²) in [5.41, 5.74) is 0.434. The number of benzene rings is 2. The molecule has 1 atom stereocenters. The number of hydrogen-bond donors (Lipinski definition) is 2. The summed E-state index contributed by atoms with van der Waals surface area (Å²) in [4.78, 5) is 12.1. The van der Waals surface area contributed by atoms with Crippen molar-refractivity contribution in [1.29, 1.82) is 0 Å². The van der Waals surface area contributed by atoms with E-state index < -0.39 is 16.1 Å². The van der Waals surface area contributed by atoms with E-state index in [2.05, 4.69) is 10.0 Å². The Kier molecular flexibility index (Phi) is 7.90. The van der Waals surface area contributed by atoms with Crippen molar-refractivity contribution in [2.75, 3.05) is 17.9 Å². The van der Waals surface area contributed by atoms with Gasteiger partial charge in [-0.3, -0.25) is 9.52 Å². The Bertz CT molecular complexity index is 894. The minimum absolute atomic E-state index is 0.0932. The summed E-state index contributed by atoms with van der Waals surface area (Å²) >= 11 is 0. The summed E-state index contributed by atoms with van der Waals surface area (Å²) in [7, 11) is -3.74. The van der Waals surface area contributed by atoms with Gasteiger partial charge in [0.2, 0.25) is 0 Å². The number of ether oxygens (including phenoxy) is 2. The van der Waals surface area contributed by atoms with E-state index in [-0.39, 0.29) is 10.8 Å². The van der Waals surface area contributed by atoms with Gasteiger partial charge in [0, 0.05) is 12.2 Å². The normalized spacial score (nSPS) is 12.3. The molecule has 0 aliphatic heterocycles. The molecule has 0 saturated carbocycles. The van der Waals surface area contributed by atoms with Crippen LogP contribution < -0.4 is 19.5 Å². The van der Waals surface area contributed by atoms with E-state index in [1.54, 1.807) is 31.2 Å². The van der Waals surface area contributed by atoms with Crippen molar-refractivity contribution in [3.8, 4) is 11.5 Å². The Morgan fingerprint density at radius 2 is 1.55 bits per heavy atom. The van der Waals surface area contributed by atoms with Gasteiger partial charge in [0.05, 0.1) is 11.5 Å². The van der Waals surface area contributed by atoms with E-state index in [1.165, 1.54) is 24.3 Å². The molecule has 2 rings (SSSR count). The maximum atomic E-state index is 12.6. The molecular formula is C21H28N2O5S. The summed E-state index contributed by atoms with van der Waals surface area (Å²) in [6.07, 6.45) is -0.682. The van der Waals surface area contributed by atoms with E-state index in [4.69, 9.17) is 9.47 Å². The summed E-state index contributed by atoms with van der Waals surface area (Å²) in [6.45, 7) is 8.65. The van der Waals surface area contributed by atoms with Crippen LogP contribution in [-0.4, -0.2) is 33.6 Å². The number of sulfonamides is 1. The van der Waals surface area contributed by atoms with Crippen molar-refractivity contribution >= 4 is 21.6 Å². The maximum absolute atomic E-state index is 12.6. The molecule has 0 aliphatic rings. The lowest BCUT2D eigenvalue weighted by atomic mass is 10.2. The number of carbonyl (C=O) groups excluding carboxylic acids is 1. The van der Waals surface area contributed by atoms with Crippen LogP contribution in [0, 0.1) is 5.92 Å². The van der Waals surface area contributed by atoms with Crippen LogP contribution in [-0.2, 0) is 14.8 Å². The summed E-state index contributed by atoms with van der Waals surface area (Å²) in [6, 6.07) is 12.6. The molecule has 2 aromatic rings. The SMILES string of the molecule is CCOc1ccc(NS(=O)(=O)c2ccc(O[C@@H](C)C(=O)NCC(C)C)cc2)cc1. The minimum Gasteiger partial charge on any atom is -0.494 e. The molecule has 0 fully saturated rings. The third-order valence-corrected chi connectivity index (χ3v) is 5.32. The third kappa shape index (κ3) is 6.98. The van der Waals surface area contributed by atoms with Gasteiger partial charge < -0.3 is 14.8 Å². The predicted molar refractivity (Wildman–Crippen MR) is 113 cm³/mol. The van der Waals surface area contributed by atoms with Crippen molar-refractivity contribution in [2.24, 2.45) is 5.92 Å². The van der Waals surface area contributed by atoms with Crippen LogP contribution in [0.5, 0.6) is 11.5 Å². The number of rotatable bonds is 10. The van der Waals surface area contributed by atoms with Crippen molar-refractivity contribution < 1.29 is 22.7 Å². The van der Waals surface area contributed by atoms with Crippen molar-refractivity contribution in [3.05, 3.63) is 48.5 Å². The molecule has 0 heterocycles. The Morgan fingerprint density at radius 3 is 2.10 bits per heavy atom. The Labute approximate surface area is 172 Å². The van der Waals surface area contributed by atoms with E-state index in [0.29, 0.717) is 36.3 Å². The molecule has 0 aromatic heterocycles. The van der Waals surface area contributed by atoms with Crippen LogP contribution in [0.2, 0.25) is 0 Å². The summed E-state index contributed by atoms with van der Waals surface area (Å²) < 4.78 is 38.6. The lowest BCUT2D eigenvalue weighted by Crippen LogP contribution is -2.38. The van der Waals surface area contributed by atoms with Gasteiger partial charge in [0.1, 0.15) is 11.5 Å². The Hall–Kier alpha value is -2.74. The molecule has 0 bridgehead atoms. The molecule has 7 nitrogen and oxygen atoms in total. The van der Waals surface area contributed by atoms with E-state index in [1.807, 2.05) is 20.8 Å². The first-order valence-electron chi connectivity index (χ1n) is 9.51. The highest BCUT2D eigenvalue weighted by atomic mass is 32.2. The van der Waals surface area contributed by atoms with Crippen molar-refractivity contribution in [1.82, 2.24) is 5.32 Å². The average molecular weight is 421 g/mol. The standard InChI is InChI=1S/C21H28N2O5S/c1-5-27-18-8-6-17(7-9-18)23-29(25,26)20-12-10-19(11-13-20)28-16(4)21(24)22-14-15(2)3/h6-13,15-16,23H,5,14H2,1-4H3,(H,22,24)/t16-/m0/s1. The van der Waals surface area contributed by atoms with Crippen LogP contribution in [0.25, 0.3) is 0 Å². The Morgan fingerprint density at radius 1 is 0.966 bits per heavy atom. The molecule has 2 N–H and O–H groups in total. The molecule has 29 heavy (non-hydrogen) atoms. The second-order valence-corrected chi connectivity index (χ2v) is 8.62. The van der Waals surface area contributed by atoms with Crippen LogP contribution in [0.15, 0.2) is 53.4 Å². The van der Waals surface area contributed by atoms with Crippen molar-refractivity contribution in [3.63, 3.8) is 0 Å². The highest BCUT2D eigenvalue weighted by Crippen LogP contribution is 2.22. The van der Waals surface area contributed by atoms with Gasteiger partial charge >= 0.3 is 0 Å². The van der Waals surface area contributed by atoms with E-state index >= 15 is 0 Å². The van der Waals surface area contributed by atoms with Crippen LogP contribution in [0.3, 0.4) is 0 Å². The predicted octanol–water partition coefficient (Wildman–Crippen LogP) is 3.43. The molecule has 0 spiro atoms. The molecule has 158 valence electrons. The molecular weight excluding hydrogens is 392 g/mol. The quantitative estimate of drug-likeness (QED) is 0.614. The lowest BCUT2D eigenvalue weighted by molar-refractivity contribution is -0.127. The lowest BCUT2D eigenvalue weighted by Gasteiger charge is -2.16. The first-order valence-corrected chi connectivity index (χ1v) is 11.0. The molecule has 2 aromatic carbocycles. The van der Waals surface area contributed by atoms with Gasteiger partial charge in [-0.1, -0.05) is 13.8 Å². The van der Waals surface area contributed by atoms with Crippen LogP contribution >= 0.6 is 0 Å². The van der Waals surface area contributed by atoms with Gasteiger partial charge in [-0.2, -0.15) is 0 Å². The van der Waals surface area contributed by atoms with Gasteiger partial charge in [0.25, 0.3) is 15.9 Å². The first kappa shape index (κ1) is 22.5. The smallest absolute Gasteiger partial charge is 0.261 e. The number of hydrogen-bond acceptors (Lipinski definition) is 5. The third-order valence-electron chi connectivity index (χ3n) is 3.92. The average Bonchev–Trinajstić information content (AvgIpc) is 2.68. The number of nitrogens with one attached hydrogen (secondary N) is 2. The van der Waals surface area contributed by atoms with Gasteiger partial charge in [-0.15, -0.1) is 0 Å². The zero-order valence-corrected chi connectivity index (χ0v) is 18.0. The maximum Gasteiger partial charge on any atom is 0.261 e. The summed E-state index contributed by atoms with van der Waals surface area (Å²) in [5.74, 6) is 1.21. The number of carbonyl (C=O) groups is 1. The van der Waals surface area contributed by atoms with E-state index in [9.17, 15) is 13.2 Å². The van der Waals surface area contributed by atoms with Crippen LogP contribution in [0.1, 0.15) is 27.7 Å². The number of anilines is 1. The second-order valence-electron chi connectivity index (χ2n) is 6.93. The second kappa shape index (κ2) is 10.2. The number of amides is 1. The fourth-order valence-corrected chi connectivity index (χ4v) is 3.46. The molecule has 0 unspecified atom stereocenters.